The molecule has 0 radical (unpaired) electrons. The highest BCUT2D eigenvalue weighted by atomic mass is 16.2. The van der Waals surface area contributed by atoms with E-state index in [4.69, 9.17) is 0 Å². The third-order valence-corrected chi connectivity index (χ3v) is 3.96. The largest absolute Gasteiger partial charge is 0.326 e. The quantitative estimate of drug-likeness (QED) is 0.333. The minimum absolute atomic E-state index is 0.0776. The van der Waals surface area contributed by atoms with E-state index in [1.807, 2.05) is 0 Å². The van der Waals surface area contributed by atoms with Crippen molar-refractivity contribution in [2.75, 3.05) is 6.54 Å². The Morgan fingerprint density at radius 3 is 2.25 bits per heavy atom. The van der Waals surface area contributed by atoms with Gasteiger partial charge in [-0.05, 0) is 25.0 Å². The van der Waals surface area contributed by atoms with Crippen molar-refractivity contribution in [2.24, 2.45) is 0 Å². The normalized spacial score (nSPS) is 17.4. The molecule has 0 saturated carbocycles. The van der Waals surface area contributed by atoms with Crippen LogP contribution < -0.4 is 27.2 Å². The topological polar surface area (TPSA) is 115 Å². The predicted octanol–water partition coefficient (Wildman–Crippen LogP) is -0.640. The highest BCUT2D eigenvalue weighted by Crippen LogP contribution is 2.22. The number of nitrogens with zero attached hydrogens (tertiary/aromatic N) is 1. The molecule has 24 heavy (non-hydrogen) atoms. The van der Waals surface area contributed by atoms with E-state index in [1.165, 1.54) is 4.90 Å². The van der Waals surface area contributed by atoms with Crippen LogP contribution in [0.4, 0.5) is 0 Å². The molecule has 2 aliphatic heterocycles. The number of rotatable bonds is 7. The number of benzene rings is 1. The van der Waals surface area contributed by atoms with Gasteiger partial charge in [-0.25, -0.2) is 10.9 Å². The van der Waals surface area contributed by atoms with Gasteiger partial charge in [0, 0.05) is 13.0 Å². The number of unbranched alkanes of at least 4 members (excludes halogenated alkanes) is 2. The maximum atomic E-state index is 12.2. The summed E-state index contributed by atoms with van der Waals surface area (Å²) in [6.45, 7) is 0.382. The zero-order chi connectivity index (χ0) is 16.9. The lowest BCUT2D eigenvalue weighted by molar-refractivity contribution is -0.122. The minimum Gasteiger partial charge on any atom is -0.326 e. The molecule has 2 heterocycles. The van der Waals surface area contributed by atoms with Gasteiger partial charge in [-0.2, -0.15) is 11.1 Å². The van der Waals surface area contributed by atoms with E-state index in [2.05, 4.69) is 27.2 Å². The fraction of sp³-hybridized carbons (Fsp3) is 0.400. The van der Waals surface area contributed by atoms with E-state index >= 15 is 0 Å². The average Bonchev–Trinajstić information content (AvgIpc) is 3.17. The van der Waals surface area contributed by atoms with Crippen molar-refractivity contribution in [3.63, 3.8) is 0 Å². The average molecular weight is 332 g/mol. The number of imide groups is 1. The van der Waals surface area contributed by atoms with Gasteiger partial charge in [-0.1, -0.05) is 18.6 Å². The summed E-state index contributed by atoms with van der Waals surface area (Å²) in [6, 6.07) is 6.86. The smallest absolute Gasteiger partial charge is 0.261 e. The van der Waals surface area contributed by atoms with Crippen LogP contribution in [0.15, 0.2) is 24.3 Å². The summed E-state index contributed by atoms with van der Waals surface area (Å²) < 4.78 is 0. The van der Waals surface area contributed by atoms with E-state index < -0.39 is 0 Å². The van der Waals surface area contributed by atoms with E-state index in [0.717, 1.165) is 6.42 Å². The van der Waals surface area contributed by atoms with Crippen molar-refractivity contribution in [1.82, 2.24) is 32.1 Å². The first-order valence-electron chi connectivity index (χ1n) is 7.92. The molecule has 1 fully saturated rings. The number of hydrazine groups is 3. The number of carbonyl (C=O) groups is 3. The Balaban J connectivity index is 1.36. The van der Waals surface area contributed by atoms with Crippen LogP contribution in [0.5, 0.6) is 0 Å². The Morgan fingerprint density at radius 1 is 1.00 bits per heavy atom. The second-order valence-electron chi connectivity index (χ2n) is 5.66. The van der Waals surface area contributed by atoms with Crippen molar-refractivity contribution in [3.05, 3.63) is 35.4 Å². The predicted molar refractivity (Wildman–Crippen MR) is 84.8 cm³/mol. The van der Waals surface area contributed by atoms with Crippen LogP contribution >= 0.6 is 0 Å². The molecular formula is C15H20N6O3. The van der Waals surface area contributed by atoms with Crippen LogP contribution in [-0.4, -0.2) is 35.5 Å². The third kappa shape index (κ3) is 3.60. The number of hydrogen-bond acceptors (Lipinski definition) is 7. The summed E-state index contributed by atoms with van der Waals surface area (Å²) in [5, 5.41) is 2.73. The van der Waals surface area contributed by atoms with Crippen LogP contribution in [0.25, 0.3) is 0 Å². The van der Waals surface area contributed by atoms with E-state index in [0.29, 0.717) is 36.9 Å². The van der Waals surface area contributed by atoms with Gasteiger partial charge in [-0.3, -0.25) is 19.3 Å². The lowest BCUT2D eigenvalue weighted by Gasteiger charge is -2.14. The number of amides is 3. The van der Waals surface area contributed by atoms with Crippen molar-refractivity contribution in [2.45, 2.75) is 32.0 Å². The zero-order valence-electron chi connectivity index (χ0n) is 13.1. The molecule has 0 unspecified atom stereocenters. The summed E-state index contributed by atoms with van der Waals surface area (Å²) in [5.74, 6) is -0.537. The molecule has 128 valence electrons. The highest BCUT2D eigenvalue weighted by Gasteiger charge is 2.34. The second-order valence-corrected chi connectivity index (χ2v) is 5.66. The summed E-state index contributed by atoms with van der Waals surface area (Å²) in [5.41, 5.74) is 11.7. The molecule has 1 saturated heterocycles. The lowest BCUT2D eigenvalue weighted by Crippen LogP contribution is -2.49. The fourth-order valence-electron chi connectivity index (χ4n) is 2.73. The first-order chi connectivity index (χ1) is 11.7. The van der Waals surface area contributed by atoms with E-state index in [-0.39, 0.29) is 24.0 Å². The summed E-state index contributed by atoms with van der Waals surface area (Å²) >= 11 is 0. The third-order valence-electron chi connectivity index (χ3n) is 3.96. The summed E-state index contributed by atoms with van der Waals surface area (Å²) in [4.78, 5) is 37.4. The maximum Gasteiger partial charge on any atom is 0.261 e. The first-order valence-corrected chi connectivity index (χ1v) is 7.92. The van der Waals surface area contributed by atoms with Crippen molar-refractivity contribution in [1.29, 1.82) is 0 Å². The monoisotopic (exact) mass is 332 g/mol. The lowest BCUT2D eigenvalue weighted by atomic mass is 10.1. The standard InChI is InChI=1S/C15H20N6O3/c22-12(16-15-17-19-20-18-15)8-2-1-5-9-21-13(23)10-6-3-4-7-11(10)14(21)24/h3-4,6-7,15,17-20H,1-2,5,8-9H2,(H,16,22). The second kappa shape index (κ2) is 7.49. The summed E-state index contributed by atoms with van der Waals surface area (Å²) in [6.07, 6.45) is 2.19. The van der Waals surface area contributed by atoms with Crippen LogP contribution in [0.3, 0.4) is 0 Å². The number of carbonyl (C=O) groups excluding carboxylic acids is 3. The Bertz CT molecular complexity index is 609. The van der Waals surface area contributed by atoms with Crippen molar-refractivity contribution in [3.8, 4) is 0 Å². The Labute approximate surface area is 139 Å². The first kappa shape index (κ1) is 16.5. The molecular weight excluding hydrogens is 312 g/mol. The van der Waals surface area contributed by atoms with Crippen LogP contribution in [-0.2, 0) is 4.79 Å². The van der Waals surface area contributed by atoms with Gasteiger partial charge in [0.1, 0.15) is 0 Å². The van der Waals surface area contributed by atoms with Gasteiger partial charge in [0.05, 0.1) is 11.1 Å². The number of nitrogens with one attached hydrogen (secondary N) is 5. The summed E-state index contributed by atoms with van der Waals surface area (Å²) in [7, 11) is 0. The molecule has 5 N–H and O–H groups in total. The van der Waals surface area contributed by atoms with Crippen LogP contribution in [0.2, 0.25) is 0 Å². The fourth-order valence-corrected chi connectivity index (χ4v) is 2.73. The van der Waals surface area contributed by atoms with Crippen molar-refractivity contribution < 1.29 is 14.4 Å². The van der Waals surface area contributed by atoms with Crippen molar-refractivity contribution >= 4 is 17.7 Å². The molecule has 2 aliphatic rings. The molecule has 9 heteroatoms. The van der Waals surface area contributed by atoms with Gasteiger partial charge in [0.2, 0.25) is 5.91 Å². The van der Waals surface area contributed by atoms with Crippen LogP contribution in [0, 0.1) is 0 Å². The number of hydrogen-bond donors (Lipinski definition) is 5. The maximum absolute atomic E-state index is 12.2. The van der Waals surface area contributed by atoms with E-state index in [1.54, 1.807) is 24.3 Å². The molecule has 0 bridgehead atoms. The van der Waals surface area contributed by atoms with Gasteiger partial charge >= 0.3 is 0 Å². The van der Waals surface area contributed by atoms with Gasteiger partial charge in [0.15, 0.2) is 6.29 Å². The van der Waals surface area contributed by atoms with Gasteiger partial charge in [-0.15, -0.1) is 0 Å². The zero-order valence-corrected chi connectivity index (χ0v) is 13.1. The molecule has 3 rings (SSSR count). The van der Waals surface area contributed by atoms with E-state index in [9.17, 15) is 14.4 Å². The minimum atomic E-state index is -0.351. The molecule has 0 aliphatic carbocycles. The SMILES string of the molecule is O=C(CCCCCN1C(=O)c2ccccc2C1=O)NC1NNNN1. The molecule has 9 nitrogen and oxygen atoms in total. The molecule has 0 aromatic heterocycles. The molecule has 3 amide bonds. The Hall–Kier alpha value is -2.33. The molecule has 0 atom stereocenters. The van der Waals surface area contributed by atoms with Gasteiger partial charge < -0.3 is 5.32 Å². The molecule has 1 aromatic rings. The molecule has 0 spiro atoms. The van der Waals surface area contributed by atoms with Crippen LogP contribution in [0.1, 0.15) is 46.4 Å². The number of fused-ring (bicyclic) bond motifs is 1. The Morgan fingerprint density at radius 2 is 1.62 bits per heavy atom. The highest BCUT2D eigenvalue weighted by molar-refractivity contribution is 6.21. The Kier molecular flexibility index (Phi) is 5.16. The molecule has 1 aromatic carbocycles. The van der Waals surface area contributed by atoms with Gasteiger partial charge in [0.25, 0.3) is 11.8 Å².